The Morgan fingerprint density at radius 3 is 3.23 bits per heavy atom. The van der Waals surface area contributed by atoms with Gasteiger partial charge in [-0.3, -0.25) is 4.98 Å². The van der Waals surface area contributed by atoms with Crippen molar-refractivity contribution in [1.29, 1.82) is 0 Å². The second kappa shape index (κ2) is 3.68. The minimum absolute atomic E-state index is 0.712. The van der Waals surface area contributed by atoms with Gasteiger partial charge in [0.15, 0.2) is 12.2 Å². The molecular weight excluding hydrogens is 186 g/mol. The zero-order valence-electron chi connectivity index (χ0n) is 7.15. The average Bonchev–Trinajstić information content (AvgIpc) is 2.71. The highest BCUT2D eigenvalue weighted by atomic mass is 32.1. The van der Waals surface area contributed by atoms with Gasteiger partial charge < -0.3 is 9.73 Å². The molecule has 2 heterocycles. The lowest BCUT2D eigenvalue weighted by Gasteiger charge is -1.95. The SMILES string of the molecule is CNCc1ncoc1-c1cncs1. The number of thiazole rings is 1. The van der Waals surface area contributed by atoms with Crippen LogP contribution in [-0.4, -0.2) is 17.0 Å². The fraction of sp³-hybridized carbons (Fsp3) is 0.250. The first-order valence-corrected chi connectivity index (χ1v) is 4.75. The molecule has 0 fully saturated rings. The topological polar surface area (TPSA) is 51.0 Å². The molecule has 2 aromatic rings. The van der Waals surface area contributed by atoms with E-state index in [4.69, 9.17) is 4.42 Å². The van der Waals surface area contributed by atoms with E-state index < -0.39 is 0 Å². The standard InChI is InChI=1S/C8H9N3OS/c1-9-2-6-8(12-4-11-6)7-3-10-5-13-7/h3-5,9H,2H2,1H3. The van der Waals surface area contributed by atoms with Crippen LogP contribution in [0.1, 0.15) is 5.69 Å². The van der Waals surface area contributed by atoms with Crippen LogP contribution < -0.4 is 5.32 Å². The molecule has 13 heavy (non-hydrogen) atoms. The minimum atomic E-state index is 0.712. The zero-order valence-corrected chi connectivity index (χ0v) is 7.97. The number of hydrogen-bond donors (Lipinski definition) is 1. The fourth-order valence-electron chi connectivity index (χ4n) is 1.09. The molecule has 0 aliphatic rings. The summed E-state index contributed by atoms with van der Waals surface area (Å²) in [5.41, 5.74) is 2.70. The Balaban J connectivity index is 2.35. The molecule has 0 aliphatic carbocycles. The summed E-state index contributed by atoms with van der Waals surface area (Å²) in [6, 6.07) is 0. The van der Waals surface area contributed by atoms with E-state index in [1.807, 2.05) is 7.05 Å². The average molecular weight is 195 g/mol. The molecule has 2 aromatic heterocycles. The summed E-state index contributed by atoms with van der Waals surface area (Å²) in [5.74, 6) is 0.817. The second-order valence-corrected chi connectivity index (χ2v) is 3.41. The molecule has 68 valence electrons. The van der Waals surface area contributed by atoms with Gasteiger partial charge >= 0.3 is 0 Å². The molecule has 0 spiro atoms. The van der Waals surface area contributed by atoms with Crippen molar-refractivity contribution in [2.75, 3.05) is 7.05 Å². The third-order valence-corrected chi connectivity index (χ3v) is 2.41. The van der Waals surface area contributed by atoms with Crippen molar-refractivity contribution < 1.29 is 4.42 Å². The summed E-state index contributed by atoms with van der Waals surface area (Å²) in [6.45, 7) is 0.712. The van der Waals surface area contributed by atoms with Gasteiger partial charge in [0, 0.05) is 12.7 Å². The van der Waals surface area contributed by atoms with E-state index in [2.05, 4.69) is 15.3 Å². The van der Waals surface area contributed by atoms with Gasteiger partial charge in [-0.2, -0.15) is 0 Å². The maximum Gasteiger partial charge on any atom is 0.181 e. The smallest absolute Gasteiger partial charge is 0.181 e. The number of nitrogens with zero attached hydrogens (tertiary/aromatic N) is 2. The Labute approximate surface area is 79.6 Å². The van der Waals surface area contributed by atoms with Crippen LogP contribution in [-0.2, 0) is 6.54 Å². The highest BCUT2D eigenvalue weighted by Gasteiger charge is 2.10. The van der Waals surface area contributed by atoms with Crippen LogP contribution in [0, 0.1) is 0 Å². The van der Waals surface area contributed by atoms with E-state index in [1.54, 1.807) is 23.0 Å². The maximum absolute atomic E-state index is 5.28. The number of nitrogens with one attached hydrogen (secondary N) is 1. The molecule has 0 unspecified atom stereocenters. The summed E-state index contributed by atoms with van der Waals surface area (Å²) in [7, 11) is 1.88. The molecule has 0 atom stereocenters. The number of hydrogen-bond acceptors (Lipinski definition) is 5. The van der Waals surface area contributed by atoms with Gasteiger partial charge in [-0.1, -0.05) is 0 Å². The van der Waals surface area contributed by atoms with E-state index >= 15 is 0 Å². The number of rotatable bonds is 3. The molecule has 4 nitrogen and oxygen atoms in total. The predicted molar refractivity (Wildman–Crippen MR) is 50.4 cm³/mol. The number of aromatic nitrogens is 2. The summed E-state index contributed by atoms with van der Waals surface area (Å²) in [6.07, 6.45) is 3.24. The molecule has 0 radical (unpaired) electrons. The first-order valence-electron chi connectivity index (χ1n) is 3.87. The van der Waals surface area contributed by atoms with Gasteiger partial charge in [-0.15, -0.1) is 11.3 Å². The predicted octanol–water partition coefficient (Wildman–Crippen LogP) is 1.52. The lowest BCUT2D eigenvalue weighted by atomic mass is 10.3. The Morgan fingerprint density at radius 2 is 2.54 bits per heavy atom. The monoisotopic (exact) mass is 195 g/mol. The Kier molecular flexibility index (Phi) is 2.37. The van der Waals surface area contributed by atoms with Gasteiger partial charge in [-0.25, -0.2) is 4.98 Å². The van der Waals surface area contributed by atoms with Crippen molar-refractivity contribution in [3.05, 3.63) is 23.8 Å². The Morgan fingerprint density at radius 1 is 1.62 bits per heavy atom. The summed E-state index contributed by atoms with van der Waals surface area (Å²) in [4.78, 5) is 9.12. The Hall–Kier alpha value is -1.20. The van der Waals surface area contributed by atoms with E-state index in [9.17, 15) is 0 Å². The molecule has 0 saturated heterocycles. The van der Waals surface area contributed by atoms with E-state index in [0.717, 1.165) is 16.3 Å². The molecular formula is C8H9N3OS. The van der Waals surface area contributed by atoms with Crippen molar-refractivity contribution in [3.8, 4) is 10.6 Å². The molecule has 2 rings (SSSR count). The molecule has 0 bridgehead atoms. The largest absolute Gasteiger partial charge is 0.442 e. The van der Waals surface area contributed by atoms with E-state index in [0.29, 0.717) is 6.54 Å². The van der Waals surface area contributed by atoms with Crippen molar-refractivity contribution >= 4 is 11.3 Å². The van der Waals surface area contributed by atoms with Crippen LogP contribution in [0.2, 0.25) is 0 Å². The van der Waals surface area contributed by atoms with Crippen LogP contribution in [0.25, 0.3) is 10.6 Å². The van der Waals surface area contributed by atoms with Crippen LogP contribution in [0.5, 0.6) is 0 Å². The van der Waals surface area contributed by atoms with Crippen molar-refractivity contribution in [1.82, 2.24) is 15.3 Å². The van der Waals surface area contributed by atoms with E-state index in [-0.39, 0.29) is 0 Å². The normalized spacial score (nSPS) is 10.5. The van der Waals surface area contributed by atoms with Crippen LogP contribution in [0.15, 0.2) is 22.5 Å². The minimum Gasteiger partial charge on any atom is -0.442 e. The van der Waals surface area contributed by atoms with E-state index in [1.165, 1.54) is 6.39 Å². The van der Waals surface area contributed by atoms with Crippen LogP contribution >= 0.6 is 11.3 Å². The van der Waals surface area contributed by atoms with Crippen molar-refractivity contribution in [2.45, 2.75) is 6.54 Å². The lowest BCUT2D eigenvalue weighted by molar-refractivity contribution is 0.571. The van der Waals surface area contributed by atoms with Gasteiger partial charge in [0.2, 0.25) is 0 Å². The van der Waals surface area contributed by atoms with Gasteiger partial charge in [-0.05, 0) is 7.05 Å². The highest BCUT2D eigenvalue weighted by molar-refractivity contribution is 7.13. The molecule has 1 N–H and O–H groups in total. The van der Waals surface area contributed by atoms with Gasteiger partial charge in [0.1, 0.15) is 5.69 Å². The van der Waals surface area contributed by atoms with Crippen molar-refractivity contribution in [2.24, 2.45) is 0 Å². The first kappa shape index (κ1) is 8.40. The maximum atomic E-state index is 5.28. The van der Waals surface area contributed by atoms with Gasteiger partial charge in [0.25, 0.3) is 0 Å². The molecule has 0 aromatic carbocycles. The number of oxazole rings is 1. The molecule has 0 aliphatic heterocycles. The zero-order chi connectivity index (χ0) is 9.10. The summed E-state index contributed by atoms with van der Waals surface area (Å²) in [5, 5.41) is 3.03. The quantitative estimate of drug-likeness (QED) is 0.806. The third-order valence-electron chi connectivity index (χ3n) is 1.64. The molecule has 0 amide bonds. The molecule has 0 saturated carbocycles. The highest BCUT2D eigenvalue weighted by Crippen LogP contribution is 2.25. The summed E-state index contributed by atoms with van der Waals surface area (Å²) < 4.78 is 5.28. The van der Waals surface area contributed by atoms with Gasteiger partial charge in [0.05, 0.1) is 10.4 Å². The van der Waals surface area contributed by atoms with Crippen LogP contribution in [0.3, 0.4) is 0 Å². The third kappa shape index (κ3) is 1.61. The fourth-order valence-corrected chi connectivity index (χ4v) is 1.72. The molecule has 5 heteroatoms. The summed E-state index contributed by atoms with van der Waals surface area (Å²) >= 11 is 1.55. The van der Waals surface area contributed by atoms with Crippen molar-refractivity contribution in [3.63, 3.8) is 0 Å². The first-order chi connectivity index (χ1) is 6.42. The Bertz CT molecular complexity index is 368. The second-order valence-electron chi connectivity index (χ2n) is 2.52. The lowest BCUT2D eigenvalue weighted by Crippen LogP contribution is -2.05. The van der Waals surface area contributed by atoms with Crippen LogP contribution in [0.4, 0.5) is 0 Å².